The van der Waals surface area contributed by atoms with Crippen molar-refractivity contribution in [1.82, 2.24) is 14.8 Å². The van der Waals surface area contributed by atoms with Gasteiger partial charge in [0.05, 0.1) is 25.2 Å². The molecule has 2 aromatic carbocycles. The van der Waals surface area contributed by atoms with Gasteiger partial charge in [0.2, 0.25) is 5.91 Å². The summed E-state index contributed by atoms with van der Waals surface area (Å²) in [6.07, 6.45) is 0. The van der Waals surface area contributed by atoms with Crippen molar-refractivity contribution in [3.05, 3.63) is 53.3 Å². The standard InChI is InChI=1S/C23H28N4O4S/c1-15-6-7-16(2)19(12-15)27-17(3)25-26-23(27)32-14-22(28)24-18-8-9-20(30-5)21(13-18)31-11-10-29-4/h6-9,12-13H,10-11,14H2,1-5H3,(H,24,28). The highest BCUT2D eigenvalue weighted by molar-refractivity contribution is 7.99. The molecule has 0 radical (unpaired) electrons. The number of anilines is 1. The van der Waals surface area contributed by atoms with Crippen LogP contribution in [0, 0.1) is 20.8 Å². The average Bonchev–Trinajstić information content (AvgIpc) is 3.14. The molecular weight excluding hydrogens is 428 g/mol. The van der Waals surface area contributed by atoms with E-state index in [2.05, 4.69) is 33.7 Å². The Labute approximate surface area is 192 Å². The van der Waals surface area contributed by atoms with Gasteiger partial charge in [0.25, 0.3) is 0 Å². The Balaban J connectivity index is 1.68. The van der Waals surface area contributed by atoms with Crippen LogP contribution in [0.2, 0.25) is 0 Å². The first-order chi connectivity index (χ1) is 15.4. The molecule has 0 saturated carbocycles. The molecule has 0 aliphatic carbocycles. The van der Waals surface area contributed by atoms with Gasteiger partial charge in [0.1, 0.15) is 12.4 Å². The van der Waals surface area contributed by atoms with Crippen molar-refractivity contribution < 1.29 is 19.0 Å². The molecule has 0 aliphatic rings. The molecule has 1 aromatic heterocycles. The maximum atomic E-state index is 12.6. The minimum Gasteiger partial charge on any atom is -0.493 e. The first-order valence-corrected chi connectivity index (χ1v) is 11.1. The van der Waals surface area contributed by atoms with Crippen molar-refractivity contribution in [2.75, 3.05) is 38.5 Å². The maximum Gasteiger partial charge on any atom is 0.234 e. The van der Waals surface area contributed by atoms with Gasteiger partial charge in [-0.25, -0.2) is 0 Å². The van der Waals surface area contributed by atoms with Gasteiger partial charge >= 0.3 is 0 Å². The second kappa shape index (κ2) is 11.0. The van der Waals surface area contributed by atoms with Gasteiger partial charge in [-0.15, -0.1) is 10.2 Å². The van der Waals surface area contributed by atoms with Crippen molar-refractivity contribution in [1.29, 1.82) is 0 Å². The van der Waals surface area contributed by atoms with E-state index < -0.39 is 0 Å². The van der Waals surface area contributed by atoms with E-state index in [1.165, 1.54) is 11.8 Å². The molecule has 0 bridgehead atoms. The van der Waals surface area contributed by atoms with Gasteiger partial charge in [0, 0.05) is 18.9 Å². The van der Waals surface area contributed by atoms with E-state index in [9.17, 15) is 4.79 Å². The summed E-state index contributed by atoms with van der Waals surface area (Å²) in [5.74, 6) is 1.94. The number of rotatable bonds is 10. The molecule has 0 aliphatic heterocycles. The molecule has 1 amide bonds. The molecule has 170 valence electrons. The molecule has 32 heavy (non-hydrogen) atoms. The van der Waals surface area contributed by atoms with E-state index in [4.69, 9.17) is 14.2 Å². The number of hydrogen-bond donors (Lipinski definition) is 1. The lowest BCUT2D eigenvalue weighted by Gasteiger charge is -2.13. The number of hydrogen-bond acceptors (Lipinski definition) is 7. The van der Waals surface area contributed by atoms with Crippen LogP contribution in [0.25, 0.3) is 5.69 Å². The Kier molecular flexibility index (Phi) is 8.13. The van der Waals surface area contributed by atoms with Crippen molar-refractivity contribution >= 4 is 23.4 Å². The summed E-state index contributed by atoms with van der Waals surface area (Å²) < 4.78 is 18.0. The number of methoxy groups -OCH3 is 2. The van der Waals surface area contributed by atoms with E-state index in [1.54, 1.807) is 32.4 Å². The Hall–Kier alpha value is -3.04. The summed E-state index contributed by atoms with van der Waals surface area (Å²) in [7, 11) is 3.18. The van der Waals surface area contributed by atoms with Crippen LogP contribution in [-0.4, -0.2) is 53.9 Å². The molecule has 0 fully saturated rings. The van der Waals surface area contributed by atoms with Crippen LogP contribution in [0.4, 0.5) is 5.69 Å². The molecule has 9 heteroatoms. The van der Waals surface area contributed by atoms with E-state index in [-0.39, 0.29) is 11.7 Å². The summed E-state index contributed by atoms with van der Waals surface area (Å²) in [5, 5.41) is 12.0. The second-order valence-electron chi connectivity index (χ2n) is 7.20. The number of carbonyl (C=O) groups is 1. The number of aromatic nitrogens is 3. The molecule has 8 nitrogen and oxygen atoms in total. The Bertz CT molecular complexity index is 1080. The largest absolute Gasteiger partial charge is 0.493 e. The van der Waals surface area contributed by atoms with E-state index in [0.717, 1.165) is 22.6 Å². The topological polar surface area (TPSA) is 87.5 Å². The van der Waals surface area contributed by atoms with Crippen LogP contribution in [0.5, 0.6) is 11.5 Å². The number of nitrogens with zero attached hydrogens (tertiary/aromatic N) is 3. The predicted octanol–water partition coefficient (Wildman–Crippen LogP) is 3.96. The highest BCUT2D eigenvalue weighted by Crippen LogP contribution is 2.30. The average molecular weight is 457 g/mol. The number of aryl methyl sites for hydroxylation is 3. The zero-order chi connectivity index (χ0) is 23.1. The van der Waals surface area contributed by atoms with Gasteiger partial charge in [-0.05, 0) is 50.1 Å². The SMILES string of the molecule is COCCOc1cc(NC(=O)CSc2nnc(C)n2-c2cc(C)ccc2C)ccc1OC. The minimum atomic E-state index is -0.156. The smallest absolute Gasteiger partial charge is 0.234 e. The Morgan fingerprint density at radius 1 is 1.03 bits per heavy atom. The third-order valence-electron chi connectivity index (χ3n) is 4.73. The monoisotopic (exact) mass is 456 g/mol. The zero-order valence-corrected chi connectivity index (χ0v) is 19.8. The van der Waals surface area contributed by atoms with Gasteiger partial charge in [-0.3, -0.25) is 9.36 Å². The van der Waals surface area contributed by atoms with Crippen LogP contribution in [0.1, 0.15) is 17.0 Å². The number of carbonyl (C=O) groups excluding carboxylic acids is 1. The molecule has 0 spiro atoms. The van der Waals surface area contributed by atoms with Crippen molar-refractivity contribution in [3.63, 3.8) is 0 Å². The summed E-state index contributed by atoms with van der Waals surface area (Å²) in [6, 6.07) is 11.5. The lowest BCUT2D eigenvalue weighted by atomic mass is 10.1. The molecular formula is C23H28N4O4S. The van der Waals surface area contributed by atoms with Crippen LogP contribution in [0.3, 0.4) is 0 Å². The van der Waals surface area contributed by atoms with Crippen LogP contribution < -0.4 is 14.8 Å². The van der Waals surface area contributed by atoms with E-state index in [1.807, 2.05) is 25.3 Å². The van der Waals surface area contributed by atoms with Crippen LogP contribution in [-0.2, 0) is 9.53 Å². The molecule has 0 atom stereocenters. The third-order valence-corrected chi connectivity index (χ3v) is 5.65. The fraction of sp³-hybridized carbons (Fsp3) is 0.348. The lowest BCUT2D eigenvalue weighted by Crippen LogP contribution is -2.15. The molecule has 3 rings (SSSR count). The Morgan fingerprint density at radius 2 is 1.84 bits per heavy atom. The Morgan fingerprint density at radius 3 is 2.59 bits per heavy atom. The molecule has 0 saturated heterocycles. The van der Waals surface area contributed by atoms with Crippen LogP contribution >= 0.6 is 11.8 Å². The van der Waals surface area contributed by atoms with Gasteiger partial charge in [0.15, 0.2) is 16.7 Å². The molecule has 0 unspecified atom stereocenters. The summed E-state index contributed by atoms with van der Waals surface area (Å²) in [6.45, 7) is 6.84. The third kappa shape index (κ3) is 5.80. The normalized spacial score (nSPS) is 10.8. The number of ether oxygens (including phenoxy) is 3. The molecule has 1 heterocycles. The first kappa shape index (κ1) is 23.6. The number of benzene rings is 2. The predicted molar refractivity (Wildman–Crippen MR) is 125 cm³/mol. The second-order valence-corrected chi connectivity index (χ2v) is 8.14. The van der Waals surface area contributed by atoms with Gasteiger partial charge < -0.3 is 19.5 Å². The van der Waals surface area contributed by atoms with Crippen LogP contribution in [0.15, 0.2) is 41.6 Å². The highest BCUT2D eigenvalue weighted by Gasteiger charge is 2.16. The molecule has 1 N–H and O–H groups in total. The van der Waals surface area contributed by atoms with Crippen molar-refractivity contribution in [2.24, 2.45) is 0 Å². The van der Waals surface area contributed by atoms with Gasteiger partial charge in [-0.1, -0.05) is 23.9 Å². The quantitative estimate of drug-likeness (QED) is 0.365. The zero-order valence-electron chi connectivity index (χ0n) is 19.0. The number of amides is 1. The fourth-order valence-electron chi connectivity index (χ4n) is 3.10. The number of nitrogens with one attached hydrogen (secondary N) is 1. The lowest BCUT2D eigenvalue weighted by molar-refractivity contribution is -0.113. The minimum absolute atomic E-state index is 0.156. The maximum absolute atomic E-state index is 12.6. The summed E-state index contributed by atoms with van der Waals surface area (Å²) in [5.41, 5.74) is 3.90. The first-order valence-electron chi connectivity index (χ1n) is 10.1. The van der Waals surface area contributed by atoms with Crippen molar-refractivity contribution in [2.45, 2.75) is 25.9 Å². The van der Waals surface area contributed by atoms with E-state index >= 15 is 0 Å². The number of thioether (sulfide) groups is 1. The van der Waals surface area contributed by atoms with Gasteiger partial charge in [-0.2, -0.15) is 0 Å². The summed E-state index contributed by atoms with van der Waals surface area (Å²) >= 11 is 1.34. The highest BCUT2D eigenvalue weighted by atomic mass is 32.2. The summed E-state index contributed by atoms with van der Waals surface area (Å²) in [4.78, 5) is 12.6. The van der Waals surface area contributed by atoms with Crippen molar-refractivity contribution in [3.8, 4) is 17.2 Å². The van der Waals surface area contributed by atoms with E-state index in [0.29, 0.717) is 35.6 Å². The fourth-order valence-corrected chi connectivity index (χ4v) is 3.89. The molecule has 3 aromatic rings.